The van der Waals surface area contributed by atoms with Crippen molar-refractivity contribution in [3.8, 4) is 0 Å². The van der Waals surface area contributed by atoms with Crippen LogP contribution >= 0.6 is 0 Å². The molecule has 3 heteroatoms. The van der Waals surface area contributed by atoms with Crippen molar-refractivity contribution in [3.63, 3.8) is 0 Å². The summed E-state index contributed by atoms with van der Waals surface area (Å²) in [6.07, 6.45) is -0.183. The van der Waals surface area contributed by atoms with Crippen LogP contribution in [0, 0.1) is 18.6 Å². The molecule has 0 spiro atoms. The molecule has 0 bridgehead atoms. The zero-order chi connectivity index (χ0) is 10.0. The number of carbonyl (C=O) groups is 1. The molecule has 0 amide bonds. The maximum Gasteiger partial charge on any atom is 0.134 e. The molecular weight excluding hydrogens is 174 g/mol. The van der Waals surface area contributed by atoms with Crippen molar-refractivity contribution >= 4 is 5.78 Å². The topological polar surface area (TPSA) is 17.1 Å². The van der Waals surface area contributed by atoms with Crippen LogP contribution in [0.4, 0.5) is 8.78 Å². The lowest BCUT2D eigenvalue weighted by atomic mass is 10.1. The van der Waals surface area contributed by atoms with Crippen LogP contribution in [0.15, 0.2) is 12.1 Å². The van der Waals surface area contributed by atoms with Gasteiger partial charge in [0.05, 0.1) is 0 Å². The number of rotatable bonds is 2. The fraction of sp³-hybridized carbons (Fsp3) is 0.300. The maximum atomic E-state index is 13.1. The van der Waals surface area contributed by atoms with E-state index in [-0.39, 0.29) is 17.8 Å². The van der Waals surface area contributed by atoms with Gasteiger partial charge in [-0.15, -0.1) is 0 Å². The van der Waals surface area contributed by atoms with Gasteiger partial charge in [0.25, 0.3) is 0 Å². The molecule has 1 nitrogen and oxygen atoms in total. The molecule has 0 aliphatic carbocycles. The Morgan fingerprint density at radius 3 is 2.15 bits per heavy atom. The first-order valence-corrected chi connectivity index (χ1v) is 3.94. The predicted octanol–water partition coefficient (Wildman–Crippen LogP) is 2.40. The average molecular weight is 184 g/mol. The zero-order valence-electron chi connectivity index (χ0n) is 7.53. The molecule has 0 atom stereocenters. The summed E-state index contributed by atoms with van der Waals surface area (Å²) < 4.78 is 26.2. The van der Waals surface area contributed by atoms with E-state index in [4.69, 9.17) is 0 Å². The SMILES string of the molecule is CC(=O)Cc1c(F)cc(C)cc1F. The minimum absolute atomic E-state index is 0.141. The molecule has 0 N–H and O–H groups in total. The summed E-state index contributed by atoms with van der Waals surface area (Å²) in [6, 6.07) is 2.45. The van der Waals surface area contributed by atoms with E-state index in [1.54, 1.807) is 6.92 Å². The van der Waals surface area contributed by atoms with Gasteiger partial charge in [-0.3, -0.25) is 4.79 Å². The highest BCUT2D eigenvalue weighted by Gasteiger charge is 2.11. The highest BCUT2D eigenvalue weighted by molar-refractivity contribution is 5.78. The van der Waals surface area contributed by atoms with E-state index in [0.29, 0.717) is 5.56 Å². The Morgan fingerprint density at radius 1 is 1.31 bits per heavy atom. The maximum absolute atomic E-state index is 13.1. The fourth-order valence-corrected chi connectivity index (χ4v) is 1.15. The van der Waals surface area contributed by atoms with Crippen LogP contribution < -0.4 is 0 Å². The van der Waals surface area contributed by atoms with Crippen LogP contribution in [-0.2, 0) is 11.2 Å². The van der Waals surface area contributed by atoms with E-state index in [0.717, 1.165) is 0 Å². The summed E-state index contributed by atoms with van der Waals surface area (Å²) in [5.41, 5.74) is 0.375. The van der Waals surface area contributed by atoms with Crippen molar-refractivity contribution in [2.45, 2.75) is 20.3 Å². The normalized spacial score (nSPS) is 10.2. The summed E-state index contributed by atoms with van der Waals surface area (Å²) in [4.78, 5) is 10.7. The first-order valence-electron chi connectivity index (χ1n) is 3.94. The number of hydrogen-bond donors (Lipinski definition) is 0. The molecule has 0 aromatic heterocycles. The molecule has 1 aromatic carbocycles. The molecule has 0 unspecified atom stereocenters. The Balaban J connectivity index is 3.13. The second-order valence-corrected chi connectivity index (χ2v) is 3.09. The number of Topliss-reactive ketones (excluding diaryl/α,β-unsaturated/α-hetero) is 1. The first-order chi connectivity index (χ1) is 6.00. The van der Waals surface area contributed by atoms with Gasteiger partial charge in [0.1, 0.15) is 17.4 Å². The van der Waals surface area contributed by atoms with Crippen molar-refractivity contribution in [1.29, 1.82) is 0 Å². The summed E-state index contributed by atoms with van der Waals surface area (Å²) in [5, 5.41) is 0. The van der Waals surface area contributed by atoms with Gasteiger partial charge in [-0.05, 0) is 31.5 Å². The minimum atomic E-state index is -0.646. The lowest BCUT2D eigenvalue weighted by Gasteiger charge is -2.03. The number of benzene rings is 1. The van der Waals surface area contributed by atoms with E-state index >= 15 is 0 Å². The molecular formula is C10H10F2O. The molecule has 0 fully saturated rings. The van der Waals surface area contributed by atoms with Crippen molar-refractivity contribution in [2.75, 3.05) is 0 Å². The molecule has 0 heterocycles. The zero-order valence-corrected chi connectivity index (χ0v) is 7.53. The third-order valence-corrected chi connectivity index (χ3v) is 1.71. The van der Waals surface area contributed by atoms with Crippen LogP contribution in [0.1, 0.15) is 18.1 Å². The van der Waals surface area contributed by atoms with Crippen LogP contribution in [0.5, 0.6) is 0 Å². The van der Waals surface area contributed by atoms with Gasteiger partial charge in [0.2, 0.25) is 0 Å². The predicted molar refractivity (Wildman–Crippen MR) is 45.5 cm³/mol. The standard InChI is InChI=1S/C10H10F2O/c1-6-3-9(11)8(5-7(2)13)10(12)4-6/h3-4H,5H2,1-2H3. The molecule has 0 aliphatic heterocycles. The molecule has 1 aromatic rings. The molecule has 0 radical (unpaired) electrons. The van der Waals surface area contributed by atoms with Crippen molar-refractivity contribution in [2.24, 2.45) is 0 Å². The Hall–Kier alpha value is -1.25. The Kier molecular flexibility index (Phi) is 2.76. The molecule has 0 saturated carbocycles. The summed E-state index contributed by atoms with van der Waals surface area (Å²) in [5.74, 6) is -1.54. The van der Waals surface area contributed by atoms with E-state index in [9.17, 15) is 13.6 Å². The molecule has 0 saturated heterocycles. The van der Waals surface area contributed by atoms with E-state index < -0.39 is 11.6 Å². The number of halogens is 2. The van der Waals surface area contributed by atoms with Gasteiger partial charge in [-0.25, -0.2) is 8.78 Å². The van der Waals surface area contributed by atoms with Gasteiger partial charge in [0, 0.05) is 12.0 Å². The Morgan fingerprint density at radius 2 is 1.77 bits per heavy atom. The Labute approximate surface area is 75.4 Å². The molecule has 0 aliphatic rings. The van der Waals surface area contributed by atoms with E-state index in [2.05, 4.69) is 0 Å². The summed E-state index contributed by atoms with van der Waals surface area (Å²) in [7, 11) is 0. The van der Waals surface area contributed by atoms with Gasteiger partial charge in [-0.2, -0.15) is 0 Å². The minimum Gasteiger partial charge on any atom is -0.300 e. The fourth-order valence-electron chi connectivity index (χ4n) is 1.15. The average Bonchev–Trinajstić information content (AvgIpc) is 1.96. The number of hydrogen-bond acceptors (Lipinski definition) is 1. The van der Waals surface area contributed by atoms with E-state index in [1.165, 1.54) is 19.1 Å². The number of ketones is 1. The summed E-state index contributed by atoms with van der Waals surface area (Å²) >= 11 is 0. The summed E-state index contributed by atoms with van der Waals surface area (Å²) in [6.45, 7) is 2.91. The van der Waals surface area contributed by atoms with Gasteiger partial charge < -0.3 is 0 Å². The third-order valence-electron chi connectivity index (χ3n) is 1.71. The van der Waals surface area contributed by atoms with Gasteiger partial charge >= 0.3 is 0 Å². The second kappa shape index (κ2) is 3.64. The van der Waals surface area contributed by atoms with Crippen molar-refractivity contribution in [1.82, 2.24) is 0 Å². The van der Waals surface area contributed by atoms with Crippen LogP contribution in [-0.4, -0.2) is 5.78 Å². The Bertz CT molecular complexity index is 322. The monoisotopic (exact) mass is 184 g/mol. The highest BCUT2D eigenvalue weighted by Crippen LogP contribution is 2.15. The first kappa shape index (κ1) is 9.84. The van der Waals surface area contributed by atoms with Gasteiger partial charge in [-0.1, -0.05) is 0 Å². The highest BCUT2D eigenvalue weighted by atomic mass is 19.1. The quantitative estimate of drug-likeness (QED) is 0.689. The smallest absolute Gasteiger partial charge is 0.134 e. The molecule has 13 heavy (non-hydrogen) atoms. The van der Waals surface area contributed by atoms with Crippen LogP contribution in [0.25, 0.3) is 0 Å². The van der Waals surface area contributed by atoms with Crippen LogP contribution in [0.2, 0.25) is 0 Å². The molecule has 1 rings (SSSR count). The van der Waals surface area contributed by atoms with Crippen LogP contribution in [0.3, 0.4) is 0 Å². The van der Waals surface area contributed by atoms with Gasteiger partial charge in [0.15, 0.2) is 0 Å². The third kappa shape index (κ3) is 2.34. The number of aryl methyl sites for hydroxylation is 1. The number of carbonyl (C=O) groups excluding carboxylic acids is 1. The largest absolute Gasteiger partial charge is 0.300 e. The second-order valence-electron chi connectivity index (χ2n) is 3.09. The van der Waals surface area contributed by atoms with E-state index in [1.807, 2.05) is 0 Å². The van der Waals surface area contributed by atoms with Crippen molar-refractivity contribution < 1.29 is 13.6 Å². The molecule has 70 valence electrons. The van der Waals surface area contributed by atoms with Crippen molar-refractivity contribution in [3.05, 3.63) is 34.9 Å². The lowest BCUT2D eigenvalue weighted by molar-refractivity contribution is -0.116. The lowest BCUT2D eigenvalue weighted by Crippen LogP contribution is -2.03.